The van der Waals surface area contributed by atoms with Crippen molar-refractivity contribution in [2.75, 3.05) is 13.2 Å². The fourth-order valence-corrected chi connectivity index (χ4v) is 2.17. The molecule has 1 N–H and O–H groups in total. The van der Waals surface area contributed by atoms with Gasteiger partial charge in [-0.05, 0) is 6.42 Å². The smallest absolute Gasteiger partial charge is 0.312 e. The van der Waals surface area contributed by atoms with Gasteiger partial charge in [-0.2, -0.15) is 0 Å². The molecule has 1 unspecified atom stereocenters. The second kappa shape index (κ2) is 2.84. The third kappa shape index (κ3) is 1.88. The van der Waals surface area contributed by atoms with E-state index in [1.165, 1.54) is 2.88 Å². The lowest BCUT2D eigenvalue weighted by Gasteiger charge is -2.24. The van der Waals surface area contributed by atoms with Crippen LogP contribution in [0.25, 0.3) is 0 Å². The molecule has 1 atom stereocenters. The maximum absolute atomic E-state index is 10.8. The van der Waals surface area contributed by atoms with Crippen LogP contribution >= 0.6 is 30.6 Å². The standard InChI is InChI=1S/C3H7INO3P/c4-5-2-1-3-8-9(5,6)7/h1-3H2,(H,6,7). The van der Waals surface area contributed by atoms with Gasteiger partial charge < -0.3 is 4.89 Å². The van der Waals surface area contributed by atoms with Crippen molar-refractivity contribution in [1.82, 2.24) is 2.88 Å². The fourth-order valence-electron chi connectivity index (χ4n) is 0.568. The first kappa shape index (κ1) is 7.94. The van der Waals surface area contributed by atoms with E-state index < -0.39 is 7.75 Å². The van der Waals surface area contributed by atoms with Crippen molar-refractivity contribution in [3.05, 3.63) is 0 Å². The van der Waals surface area contributed by atoms with E-state index in [1.807, 2.05) is 0 Å². The fraction of sp³-hybridized carbons (Fsp3) is 1.00. The summed E-state index contributed by atoms with van der Waals surface area (Å²) in [6.45, 7) is 1.03. The molecule has 0 aliphatic carbocycles. The van der Waals surface area contributed by atoms with Crippen LogP contribution in [0, 0.1) is 0 Å². The minimum absolute atomic E-state index is 0.396. The molecule has 0 aromatic carbocycles. The molecule has 9 heavy (non-hydrogen) atoms. The largest absolute Gasteiger partial charge is 0.414 e. The predicted octanol–water partition coefficient (Wildman–Crippen LogP) is 1.16. The Balaban J connectivity index is 2.60. The lowest BCUT2D eigenvalue weighted by atomic mass is 10.5. The van der Waals surface area contributed by atoms with Gasteiger partial charge in [0.2, 0.25) is 0 Å². The van der Waals surface area contributed by atoms with Gasteiger partial charge in [-0.25, -0.2) is 4.57 Å². The monoisotopic (exact) mass is 263 g/mol. The summed E-state index contributed by atoms with van der Waals surface area (Å²) in [6.07, 6.45) is 0.827. The molecule has 1 heterocycles. The van der Waals surface area contributed by atoms with Crippen molar-refractivity contribution in [2.45, 2.75) is 6.42 Å². The third-order valence-electron chi connectivity index (χ3n) is 1.02. The first-order valence-corrected chi connectivity index (χ1v) is 5.03. The van der Waals surface area contributed by atoms with Gasteiger partial charge in [0.05, 0.1) is 6.61 Å². The number of halogens is 1. The van der Waals surface area contributed by atoms with Crippen molar-refractivity contribution in [3.8, 4) is 0 Å². The minimum Gasteiger partial charge on any atom is -0.312 e. The molecule has 0 radical (unpaired) electrons. The maximum Gasteiger partial charge on any atom is 0.414 e. The zero-order valence-electron chi connectivity index (χ0n) is 4.66. The van der Waals surface area contributed by atoms with E-state index in [9.17, 15) is 4.57 Å². The van der Waals surface area contributed by atoms with Crippen LogP contribution in [0.3, 0.4) is 0 Å². The first-order valence-electron chi connectivity index (χ1n) is 2.54. The van der Waals surface area contributed by atoms with Crippen LogP contribution in [0.15, 0.2) is 0 Å². The van der Waals surface area contributed by atoms with Crippen LogP contribution in [0.1, 0.15) is 6.42 Å². The Kier molecular flexibility index (Phi) is 2.50. The molecule has 0 spiro atoms. The van der Waals surface area contributed by atoms with E-state index in [0.29, 0.717) is 13.2 Å². The van der Waals surface area contributed by atoms with Crippen LogP contribution in [-0.4, -0.2) is 20.9 Å². The molecular formula is C3H7INO3P. The molecule has 4 nitrogen and oxygen atoms in total. The number of rotatable bonds is 0. The lowest BCUT2D eigenvalue weighted by Crippen LogP contribution is -2.18. The molecule has 1 fully saturated rings. The number of hydrogen-bond donors (Lipinski definition) is 1. The zero-order valence-corrected chi connectivity index (χ0v) is 7.71. The van der Waals surface area contributed by atoms with Gasteiger partial charge in [0.15, 0.2) is 0 Å². The molecule has 0 aromatic rings. The Morgan fingerprint density at radius 3 is 2.78 bits per heavy atom. The number of nitrogens with zero attached hydrogens (tertiary/aromatic N) is 1. The molecular weight excluding hydrogens is 256 g/mol. The Bertz CT molecular complexity index is 152. The Morgan fingerprint density at radius 2 is 2.44 bits per heavy atom. The van der Waals surface area contributed by atoms with Gasteiger partial charge in [-0.15, -0.1) is 2.88 Å². The van der Waals surface area contributed by atoms with Gasteiger partial charge in [0.1, 0.15) is 0 Å². The summed E-state index contributed by atoms with van der Waals surface area (Å²) in [5, 5.41) is 0. The molecule has 0 saturated carbocycles. The van der Waals surface area contributed by atoms with E-state index >= 15 is 0 Å². The van der Waals surface area contributed by atoms with E-state index in [1.54, 1.807) is 22.9 Å². The molecule has 1 aliphatic heterocycles. The second-order valence-electron chi connectivity index (χ2n) is 1.74. The summed E-state index contributed by atoms with van der Waals surface area (Å²) in [6, 6.07) is 0. The topological polar surface area (TPSA) is 49.8 Å². The molecule has 0 amide bonds. The SMILES string of the molecule is O=P1(O)OCCCN1I. The summed E-state index contributed by atoms with van der Waals surface area (Å²) in [5.74, 6) is 0. The Labute approximate surface area is 67.3 Å². The van der Waals surface area contributed by atoms with Crippen LogP contribution in [-0.2, 0) is 9.09 Å². The van der Waals surface area contributed by atoms with E-state index in [2.05, 4.69) is 4.52 Å². The predicted molar refractivity (Wildman–Crippen MR) is 41.1 cm³/mol. The highest BCUT2D eigenvalue weighted by Gasteiger charge is 2.30. The summed E-state index contributed by atoms with van der Waals surface area (Å²) in [7, 11) is -3.36. The van der Waals surface area contributed by atoms with Crippen LogP contribution in [0.5, 0.6) is 0 Å². The first-order chi connectivity index (χ1) is 4.13. The lowest BCUT2D eigenvalue weighted by molar-refractivity contribution is 0.203. The molecule has 0 aromatic heterocycles. The second-order valence-corrected chi connectivity index (χ2v) is 5.39. The highest BCUT2D eigenvalue weighted by Crippen LogP contribution is 2.51. The molecule has 0 bridgehead atoms. The van der Waals surface area contributed by atoms with Gasteiger partial charge in [-0.1, -0.05) is 0 Å². The van der Waals surface area contributed by atoms with Crippen LogP contribution < -0.4 is 0 Å². The third-order valence-corrected chi connectivity index (χ3v) is 4.41. The van der Waals surface area contributed by atoms with Crippen molar-refractivity contribution in [2.24, 2.45) is 0 Å². The van der Waals surface area contributed by atoms with Gasteiger partial charge >= 0.3 is 7.75 Å². The van der Waals surface area contributed by atoms with Gasteiger partial charge in [0.25, 0.3) is 0 Å². The summed E-state index contributed by atoms with van der Waals surface area (Å²) >= 11 is 1.79. The molecule has 54 valence electrons. The molecule has 1 rings (SSSR count). The average molecular weight is 263 g/mol. The zero-order chi connectivity index (χ0) is 6.91. The van der Waals surface area contributed by atoms with Crippen molar-refractivity contribution >= 4 is 30.6 Å². The van der Waals surface area contributed by atoms with Gasteiger partial charge in [-0.3, -0.25) is 4.52 Å². The number of hydrogen-bond acceptors (Lipinski definition) is 2. The van der Waals surface area contributed by atoms with E-state index in [0.717, 1.165) is 6.42 Å². The summed E-state index contributed by atoms with van der Waals surface area (Å²) < 4.78 is 16.7. The maximum atomic E-state index is 10.8. The van der Waals surface area contributed by atoms with E-state index in [4.69, 9.17) is 4.89 Å². The Morgan fingerprint density at radius 1 is 1.78 bits per heavy atom. The highest BCUT2D eigenvalue weighted by atomic mass is 127. The highest BCUT2D eigenvalue weighted by molar-refractivity contribution is 14.1. The average Bonchev–Trinajstić information content (AvgIpc) is 1.77. The summed E-state index contributed by atoms with van der Waals surface area (Å²) in [5.41, 5.74) is 0. The van der Waals surface area contributed by atoms with E-state index in [-0.39, 0.29) is 0 Å². The normalized spacial score (nSPS) is 38.9. The molecule has 1 aliphatic rings. The minimum atomic E-state index is -3.36. The van der Waals surface area contributed by atoms with Crippen molar-refractivity contribution in [3.63, 3.8) is 0 Å². The van der Waals surface area contributed by atoms with Crippen LogP contribution in [0.4, 0.5) is 0 Å². The van der Waals surface area contributed by atoms with Crippen molar-refractivity contribution in [1.29, 1.82) is 0 Å². The molecule has 1 saturated heterocycles. The van der Waals surface area contributed by atoms with Gasteiger partial charge in [0, 0.05) is 29.4 Å². The quantitative estimate of drug-likeness (QED) is 0.404. The molecule has 6 heteroatoms. The van der Waals surface area contributed by atoms with Crippen LogP contribution in [0.2, 0.25) is 0 Å². The van der Waals surface area contributed by atoms with Crippen molar-refractivity contribution < 1.29 is 14.0 Å². The Hall–Kier alpha value is 0.840. The summed E-state index contributed by atoms with van der Waals surface area (Å²) in [4.78, 5) is 8.89.